The van der Waals surface area contributed by atoms with E-state index in [0.29, 0.717) is 11.3 Å². The van der Waals surface area contributed by atoms with Gasteiger partial charge in [0.15, 0.2) is 0 Å². The Hall–Kier alpha value is -3.73. The zero-order valence-electron chi connectivity index (χ0n) is 16.3. The first kappa shape index (κ1) is 18.6. The molecule has 0 N–H and O–H groups in total. The standard InChI is InChI=1S/C24H21N3O2/c1-26-20-16-10-9-15-19(20)21(17-11-5-3-6-12-17)25-22(24(26)29)27(2)23(28)18-13-7-4-8-14-18/h3-16,22H,1-2H3/i1+2,2+2. The number of nitrogens with zero attached hydrogens (tertiary/aromatic N) is 3. The number of para-hydroxylation sites is 1. The van der Waals surface area contributed by atoms with Crippen LogP contribution < -0.4 is 4.90 Å². The molecule has 1 aliphatic heterocycles. The topological polar surface area (TPSA) is 53.0 Å². The molecule has 1 heterocycles. The monoisotopic (exact) mass is 387 g/mol. The van der Waals surface area contributed by atoms with Crippen molar-refractivity contribution in [2.45, 2.75) is 6.17 Å². The average molecular weight is 387 g/mol. The molecular formula is C24H21N3O2. The van der Waals surface area contributed by atoms with Crippen molar-refractivity contribution >= 4 is 23.2 Å². The van der Waals surface area contributed by atoms with Crippen LogP contribution in [0.5, 0.6) is 0 Å². The Morgan fingerprint density at radius 2 is 1.48 bits per heavy atom. The van der Waals surface area contributed by atoms with Gasteiger partial charge in [0.1, 0.15) is 0 Å². The van der Waals surface area contributed by atoms with Gasteiger partial charge in [-0.15, -0.1) is 0 Å². The highest BCUT2D eigenvalue weighted by Gasteiger charge is 2.34. The lowest BCUT2D eigenvalue weighted by atomic mass is 10.0. The number of amides is 2. The summed E-state index contributed by atoms with van der Waals surface area (Å²) in [6.45, 7) is 0. The minimum atomic E-state index is -0.963. The van der Waals surface area contributed by atoms with E-state index in [1.54, 1.807) is 43.3 Å². The van der Waals surface area contributed by atoms with Gasteiger partial charge in [-0.25, -0.2) is 4.99 Å². The van der Waals surface area contributed by atoms with Gasteiger partial charge in [0.05, 0.1) is 11.4 Å². The molecule has 1 unspecified atom stereocenters. The lowest BCUT2D eigenvalue weighted by Crippen LogP contribution is -2.47. The van der Waals surface area contributed by atoms with Crippen molar-refractivity contribution in [3.8, 4) is 0 Å². The average Bonchev–Trinajstić information content (AvgIpc) is 2.89. The van der Waals surface area contributed by atoms with Gasteiger partial charge in [0.25, 0.3) is 11.8 Å². The number of hydrogen-bond donors (Lipinski definition) is 0. The van der Waals surface area contributed by atoms with Crippen molar-refractivity contribution in [2.75, 3.05) is 19.0 Å². The predicted octanol–water partition coefficient (Wildman–Crippen LogP) is 3.60. The molecular weight excluding hydrogens is 366 g/mol. The molecule has 5 nitrogen and oxygen atoms in total. The van der Waals surface area contributed by atoms with Crippen LogP contribution in [0.2, 0.25) is 0 Å². The number of benzodiazepines with no additional fused rings is 1. The predicted molar refractivity (Wildman–Crippen MR) is 114 cm³/mol. The summed E-state index contributed by atoms with van der Waals surface area (Å²) in [4.78, 5) is 34.1. The molecule has 5 heteroatoms. The molecule has 0 spiro atoms. The van der Waals surface area contributed by atoms with E-state index in [1.165, 1.54) is 4.90 Å². The Kier molecular flexibility index (Phi) is 4.96. The van der Waals surface area contributed by atoms with E-state index in [0.717, 1.165) is 16.8 Å². The number of benzene rings is 3. The van der Waals surface area contributed by atoms with Gasteiger partial charge < -0.3 is 9.80 Å². The van der Waals surface area contributed by atoms with Crippen LogP contribution >= 0.6 is 0 Å². The van der Waals surface area contributed by atoms with E-state index in [4.69, 9.17) is 4.99 Å². The summed E-state index contributed by atoms with van der Waals surface area (Å²) in [5.74, 6) is -0.505. The third kappa shape index (κ3) is 3.43. The second-order valence-electron chi connectivity index (χ2n) is 6.91. The fourth-order valence-electron chi connectivity index (χ4n) is 3.48. The lowest BCUT2D eigenvalue weighted by molar-refractivity contribution is -0.122. The third-order valence-electron chi connectivity index (χ3n) is 5.08. The smallest absolute Gasteiger partial charge is 0.272 e. The summed E-state index contributed by atoms with van der Waals surface area (Å²) >= 11 is 0. The van der Waals surface area contributed by atoms with Crippen molar-refractivity contribution < 1.29 is 9.59 Å². The highest BCUT2D eigenvalue weighted by Crippen LogP contribution is 2.28. The molecule has 0 aromatic heterocycles. The van der Waals surface area contributed by atoms with Gasteiger partial charge in [-0.2, -0.15) is 0 Å². The van der Waals surface area contributed by atoms with Gasteiger partial charge in [0, 0.05) is 30.8 Å². The van der Waals surface area contributed by atoms with E-state index in [1.807, 2.05) is 60.7 Å². The molecule has 1 aliphatic rings. The number of carbonyl (C=O) groups is 2. The molecule has 4 rings (SSSR count). The summed E-state index contributed by atoms with van der Waals surface area (Å²) in [7, 11) is 3.34. The number of anilines is 1. The van der Waals surface area contributed by atoms with E-state index < -0.39 is 6.17 Å². The second-order valence-corrected chi connectivity index (χ2v) is 6.91. The van der Waals surface area contributed by atoms with Crippen LogP contribution in [-0.2, 0) is 4.79 Å². The van der Waals surface area contributed by atoms with Crippen molar-refractivity contribution in [1.29, 1.82) is 0 Å². The highest BCUT2D eigenvalue weighted by molar-refractivity contribution is 6.20. The normalized spacial score (nSPS) is 15.9. The van der Waals surface area contributed by atoms with E-state index >= 15 is 0 Å². The Balaban J connectivity index is 1.84. The van der Waals surface area contributed by atoms with Gasteiger partial charge >= 0.3 is 0 Å². The largest absolute Gasteiger partial charge is 0.312 e. The van der Waals surface area contributed by atoms with Crippen LogP contribution in [0, 0.1) is 0 Å². The minimum absolute atomic E-state index is 0.250. The molecule has 3 aromatic carbocycles. The zero-order valence-corrected chi connectivity index (χ0v) is 16.3. The van der Waals surface area contributed by atoms with E-state index in [2.05, 4.69) is 0 Å². The molecule has 0 saturated heterocycles. The van der Waals surface area contributed by atoms with Gasteiger partial charge in [-0.3, -0.25) is 9.59 Å². The fraction of sp³-hybridized carbons (Fsp3) is 0.125. The zero-order chi connectivity index (χ0) is 20.4. The molecule has 144 valence electrons. The maximum Gasteiger partial charge on any atom is 0.272 e. The van der Waals surface area contributed by atoms with Crippen LogP contribution in [0.1, 0.15) is 21.5 Å². The molecule has 2 amide bonds. The SMILES string of the molecule is [14CH3]N1C(=O)C(N([14CH3])C(=O)c2ccccc2)N=C(c2ccccc2)c2ccccc21. The number of aliphatic imine (C=N–C) groups is 1. The van der Waals surface area contributed by atoms with Crippen LogP contribution in [0.4, 0.5) is 5.69 Å². The number of likely N-dealkylation sites (N-methyl/N-ethyl adjacent to an activating group) is 2. The summed E-state index contributed by atoms with van der Waals surface area (Å²) in [5, 5.41) is 0. The van der Waals surface area contributed by atoms with Crippen LogP contribution in [-0.4, -0.2) is 42.7 Å². The Morgan fingerprint density at radius 1 is 0.897 bits per heavy atom. The van der Waals surface area contributed by atoms with Crippen molar-refractivity contribution in [2.24, 2.45) is 4.99 Å². The van der Waals surface area contributed by atoms with Gasteiger partial charge in [0.2, 0.25) is 6.17 Å². The number of hydrogen-bond acceptors (Lipinski definition) is 3. The first-order chi connectivity index (χ1) is 14.1. The van der Waals surface area contributed by atoms with Crippen molar-refractivity contribution in [3.63, 3.8) is 0 Å². The number of rotatable bonds is 3. The molecule has 29 heavy (non-hydrogen) atoms. The Labute approximate surface area is 169 Å². The van der Waals surface area contributed by atoms with Gasteiger partial charge in [-0.1, -0.05) is 66.7 Å². The second kappa shape index (κ2) is 7.72. The number of carbonyl (C=O) groups excluding carboxylic acids is 2. The summed E-state index contributed by atoms with van der Waals surface area (Å²) in [6.07, 6.45) is -0.963. The van der Waals surface area contributed by atoms with Crippen molar-refractivity contribution in [3.05, 3.63) is 102 Å². The maximum absolute atomic E-state index is 13.3. The third-order valence-corrected chi connectivity index (χ3v) is 5.08. The number of fused-ring (bicyclic) bond motifs is 1. The summed E-state index contributed by atoms with van der Waals surface area (Å²) < 4.78 is 0. The molecule has 1 atom stereocenters. The Bertz CT molecular complexity index is 1080. The van der Waals surface area contributed by atoms with E-state index in [9.17, 15) is 9.59 Å². The molecule has 0 saturated carbocycles. The lowest BCUT2D eigenvalue weighted by Gasteiger charge is -2.27. The van der Waals surface area contributed by atoms with E-state index in [-0.39, 0.29) is 11.8 Å². The fourth-order valence-corrected chi connectivity index (χ4v) is 3.48. The molecule has 3 aromatic rings. The molecule has 0 aliphatic carbocycles. The first-order valence-corrected chi connectivity index (χ1v) is 9.40. The molecule has 0 fully saturated rings. The van der Waals surface area contributed by atoms with Crippen LogP contribution in [0.3, 0.4) is 0 Å². The van der Waals surface area contributed by atoms with Crippen LogP contribution in [0.15, 0.2) is 89.9 Å². The quantitative estimate of drug-likeness (QED) is 0.690. The molecule has 0 radical (unpaired) electrons. The minimum Gasteiger partial charge on any atom is -0.312 e. The highest BCUT2D eigenvalue weighted by atomic mass is 16.2. The maximum atomic E-state index is 13.3. The van der Waals surface area contributed by atoms with Gasteiger partial charge in [-0.05, 0) is 18.2 Å². The molecule has 0 bridgehead atoms. The van der Waals surface area contributed by atoms with Crippen molar-refractivity contribution in [1.82, 2.24) is 4.90 Å². The summed E-state index contributed by atoms with van der Waals surface area (Å²) in [5.41, 5.74) is 3.73. The summed E-state index contributed by atoms with van der Waals surface area (Å²) in [6, 6.07) is 26.3. The first-order valence-electron chi connectivity index (χ1n) is 9.40. The Morgan fingerprint density at radius 3 is 2.17 bits per heavy atom. The van der Waals surface area contributed by atoms with Crippen LogP contribution in [0.25, 0.3) is 0 Å².